The third-order valence-electron chi connectivity index (χ3n) is 4.25. The lowest BCUT2D eigenvalue weighted by Gasteiger charge is -2.09. The Morgan fingerprint density at radius 1 is 1.19 bits per heavy atom. The number of nitro groups is 1. The lowest BCUT2D eigenvalue weighted by molar-refractivity contribution is -0.384. The van der Waals surface area contributed by atoms with E-state index in [4.69, 9.17) is 16.3 Å². The van der Waals surface area contributed by atoms with Crippen molar-refractivity contribution >= 4 is 29.2 Å². The zero-order valence-corrected chi connectivity index (χ0v) is 15.9. The van der Waals surface area contributed by atoms with Gasteiger partial charge in [0.2, 0.25) is 0 Å². The molecule has 0 unspecified atom stereocenters. The average Bonchev–Trinajstić information content (AvgIpc) is 2.93. The highest BCUT2D eigenvalue weighted by Crippen LogP contribution is 2.30. The number of nitrogens with zero attached hydrogens (tertiary/aromatic N) is 3. The molecular formula is C20H18ClN3O3. The third kappa shape index (κ3) is 3.85. The molecule has 0 saturated heterocycles. The van der Waals surface area contributed by atoms with Crippen LogP contribution in [0.4, 0.5) is 11.4 Å². The molecular weight excluding hydrogens is 366 g/mol. The van der Waals surface area contributed by atoms with Crippen molar-refractivity contribution in [3.05, 3.63) is 80.6 Å². The van der Waals surface area contributed by atoms with Crippen LogP contribution in [0.5, 0.6) is 5.75 Å². The minimum Gasteiger partial charge on any atom is -0.494 e. The molecule has 0 radical (unpaired) electrons. The first-order valence-electron chi connectivity index (χ1n) is 8.22. The smallest absolute Gasteiger partial charge is 0.271 e. The van der Waals surface area contributed by atoms with E-state index < -0.39 is 4.92 Å². The minimum atomic E-state index is -0.397. The highest BCUT2D eigenvalue weighted by molar-refractivity contribution is 6.30. The van der Waals surface area contributed by atoms with Crippen LogP contribution in [0.3, 0.4) is 0 Å². The van der Waals surface area contributed by atoms with Gasteiger partial charge in [0, 0.05) is 40.3 Å². The second-order valence-electron chi connectivity index (χ2n) is 6.01. The van der Waals surface area contributed by atoms with Gasteiger partial charge < -0.3 is 9.30 Å². The lowest BCUT2D eigenvalue weighted by Crippen LogP contribution is -2.00. The topological polar surface area (TPSA) is 69.7 Å². The maximum absolute atomic E-state index is 11.1. The van der Waals surface area contributed by atoms with Crippen molar-refractivity contribution in [1.82, 2.24) is 4.57 Å². The Bertz CT molecular complexity index is 1040. The number of hydrogen-bond acceptors (Lipinski definition) is 4. The Labute approximate surface area is 161 Å². The van der Waals surface area contributed by atoms with Crippen LogP contribution in [0, 0.1) is 24.0 Å². The van der Waals surface area contributed by atoms with Crippen molar-refractivity contribution < 1.29 is 9.66 Å². The number of hydrogen-bond donors (Lipinski definition) is 0. The highest BCUT2D eigenvalue weighted by Gasteiger charge is 2.13. The molecule has 2 aromatic carbocycles. The standard InChI is InChI=1S/C20H18ClN3O3/c1-13-9-15(12-22-19-10-16(21)7-8-20(19)27-3)14(2)23(13)17-5-4-6-18(11-17)24(25)26/h4-12H,1-3H3. The SMILES string of the molecule is COc1ccc(Cl)cc1N=Cc1cc(C)n(-c2cccc([N+](=O)[O-])c2)c1C. The number of benzene rings is 2. The molecule has 0 aliphatic carbocycles. The first-order valence-corrected chi connectivity index (χ1v) is 8.60. The molecule has 0 N–H and O–H groups in total. The molecule has 0 saturated carbocycles. The van der Waals surface area contributed by atoms with Crippen LogP contribution in [0.1, 0.15) is 17.0 Å². The largest absolute Gasteiger partial charge is 0.494 e. The Morgan fingerprint density at radius 2 is 1.96 bits per heavy atom. The van der Waals surface area contributed by atoms with Crippen LogP contribution in [0.25, 0.3) is 5.69 Å². The molecule has 1 aromatic heterocycles. The number of halogens is 1. The molecule has 0 aliphatic rings. The minimum absolute atomic E-state index is 0.0545. The monoisotopic (exact) mass is 383 g/mol. The van der Waals surface area contributed by atoms with Gasteiger partial charge in [0.05, 0.1) is 17.7 Å². The Hall–Kier alpha value is -3.12. The Kier molecular flexibility index (Phi) is 5.28. The third-order valence-corrected chi connectivity index (χ3v) is 4.49. The molecule has 0 spiro atoms. The first kappa shape index (κ1) is 18.7. The van der Waals surface area contributed by atoms with Gasteiger partial charge in [0.1, 0.15) is 11.4 Å². The summed E-state index contributed by atoms with van der Waals surface area (Å²) in [6, 6.07) is 13.8. The van der Waals surface area contributed by atoms with E-state index in [1.807, 2.05) is 30.5 Å². The molecule has 1 heterocycles. The van der Waals surface area contributed by atoms with Gasteiger partial charge in [-0.1, -0.05) is 17.7 Å². The summed E-state index contributed by atoms with van der Waals surface area (Å²) in [5.41, 5.74) is 4.20. The number of aliphatic imine (C=N–C) groups is 1. The number of aryl methyl sites for hydroxylation is 1. The van der Waals surface area contributed by atoms with E-state index in [-0.39, 0.29) is 5.69 Å². The summed E-state index contributed by atoms with van der Waals surface area (Å²) in [5, 5.41) is 11.6. The number of non-ortho nitro benzene ring substituents is 1. The lowest BCUT2D eigenvalue weighted by atomic mass is 10.2. The molecule has 0 atom stereocenters. The van der Waals surface area contributed by atoms with Crippen molar-refractivity contribution in [2.75, 3.05) is 7.11 Å². The van der Waals surface area contributed by atoms with Crippen LogP contribution in [0.15, 0.2) is 53.5 Å². The maximum atomic E-state index is 11.1. The number of methoxy groups -OCH3 is 1. The summed E-state index contributed by atoms with van der Waals surface area (Å²) in [4.78, 5) is 15.2. The Balaban J connectivity index is 2.01. The molecule has 3 aromatic rings. The van der Waals surface area contributed by atoms with Crippen molar-refractivity contribution in [3.63, 3.8) is 0 Å². The fourth-order valence-electron chi connectivity index (χ4n) is 2.96. The predicted molar refractivity (Wildman–Crippen MR) is 107 cm³/mol. The Morgan fingerprint density at radius 3 is 2.67 bits per heavy atom. The summed E-state index contributed by atoms with van der Waals surface area (Å²) in [5.74, 6) is 0.628. The van der Waals surface area contributed by atoms with E-state index >= 15 is 0 Å². The van der Waals surface area contributed by atoms with E-state index in [1.165, 1.54) is 6.07 Å². The van der Waals surface area contributed by atoms with Gasteiger partial charge in [0.25, 0.3) is 5.69 Å². The van der Waals surface area contributed by atoms with Gasteiger partial charge in [0.15, 0.2) is 0 Å². The summed E-state index contributed by atoms with van der Waals surface area (Å²) in [6.45, 7) is 3.89. The van der Waals surface area contributed by atoms with Gasteiger partial charge in [-0.15, -0.1) is 0 Å². The van der Waals surface area contributed by atoms with Crippen molar-refractivity contribution in [3.8, 4) is 11.4 Å². The van der Waals surface area contributed by atoms with Gasteiger partial charge in [-0.05, 0) is 44.2 Å². The quantitative estimate of drug-likeness (QED) is 0.336. The van der Waals surface area contributed by atoms with Crippen LogP contribution in [-0.4, -0.2) is 22.8 Å². The van der Waals surface area contributed by atoms with Crippen molar-refractivity contribution in [1.29, 1.82) is 0 Å². The van der Waals surface area contributed by atoms with Crippen molar-refractivity contribution in [2.24, 2.45) is 4.99 Å². The molecule has 3 rings (SSSR count). The van der Waals surface area contributed by atoms with E-state index in [0.29, 0.717) is 16.5 Å². The highest BCUT2D eigenvalue weighted by atomic mass is 35.5. The molecule has 6 nitrogen and oxygen atoms in total. The number of nitro benzene ring substituents is 1. The van der Waals surface area contributed by atoms with Crippen LogP contribution >= 0.6 is 11.6 Å². The van der Waals surface area contributed by atoms with Crippen LogP contribution in [-0.2, 0) is 0 Å². The van der Waals surface area contributed by atoms with Gasteiger partial charge >= 0.3 is 0 Å². The second-order valence-corrected chi connectivity index (χ2v) is 6.45. The molecule has 0 aliphatic heterocycles. The molecule has 0 bridgehead atoms. The molecule has 7 heteroatoms. The maximum Gasteiger partial charge on any atom is 0.271 e. The fraction of sp³-hybridized carbons (Fsp3) is 0.150. The van der Waals surface area contributed by atoms with Gasteiger partial charge in [-0.3, -0.25) is 15.1 Å². The molecule has 27 heavy (non-hydrogen) atoms. The van der Waals surface area contributed by atoms with Gasteiger partial charge in [-0.2, -0.15) is 0 Å². The molecule has 0 fully saturated rings. The first-order chi connectivity index (χ1) is 12.9. The second kappa shape index (κ2) is 7.63. The average molecular weight is 384 g/mol. The normalized spacial score (nSPS) is 11.1. The number of rotatable bonds is 5. The van der Waals surface area contributed by atoms with E-state index in [0.717, 1.165) is 22.6 Å². The number of aromatic nitrogens is 1. The van der Waals surface area contributed by atoms with Crippen LogP contribution < -0.4 is 4.74 Å². The molecule has 0 amide bonds. The zero-order valence-electron chi connectivity index (χ0n) is 15.1. The van der Waals surface area contributed by atoms with E-state index in [9.17, 15) is 10.1 Å². The summed E-state index contributed by atoms with van der Waals surface area (Å²) >= 11 is 6.05. The van der Waals surface area contributed by atoms with E-state index in [2.05, 4.69) is 4.99 Å². The predicted octanol–water partition coefficient (Wildman–Crippen LogP) is 5.41. The van der Waals surface area contributed by atoms with Gasteiger partial charge in [-0.25, -0.2) is 0 Å². The molecule has 138 valence electrons. The summed E-state index contributed by atoms with van der Waals surface area (Å²) in [6.07, 6.45) is 1.74. The number of ether oxygens (including phenoxy) is 1. The fourth-order valence-corrected chi connectivity index (χ4v) is 3.13. The van der Waals surface area contributed by atoms with Crippen LogP contribution in [0.2, 0.25) is 5.02 Å². The summed E-state index contributed by atoms with van der Waals surface area (Å²) in [7, 11) is 1.58. The van der Waals surface area contributed by atoms with E-state index in [1.54, 1.807) is 43.7 Å². The van der Waals surface area contributed by atoms with Crippen molar-refractivity contribution in [2.45, 2.75) is 13.8 Å². The summed E-state index contributed by atoms with van der Waals surface area (Å²) < 4.78 is 7.27. The zero-order chi connectivity index (χ0) is 19.6.